The van der Waals surface area contributed by atoms with E-state index in [2.05, 4.69) is 32.8 Å². The largest absolute Gasteiger partial charge is 0.490 e. The Bertz CT molecular complexity index is 789. The third-order valence-electron chi connectivity index (χ3n) is 5.50. The molecule has 0 atom stereocenters. The lowest BCUT2D eigenvalue weighted by Gasteiger charge is -2.30. The normalized spacial score (nSPS) is 17.5. The van der Waals surface area contributed by atoms with Crippen LogP contribution >= 0.6 is 24.0 Å². The second kappa shape index (κ2) is 13.2. The summed E-state index contributed by atoms with van der Waals surface area (Å²) in [5.41, 5.74) is 0.552. The van der Waals surface area contributed by atoms with Gasteiger partial charge in [0, 0.05) is 36.8 Å². The number of guanidine groups is 1. The lowest BCUT2D eigenvalue weighted by molar-refractivity contribution is -0.121. The summed E-state index contributed by atoms with van der Waals surface area (Å²) in [5, 5.41) is 9.65. The molecule has 0 spiro atoms. The number of halogens is 1. The number of hydrogen-bond donors (Lipinski definition) is 3. The molecule has 3 N–H and O–H groups in total. The van der Waals surface area contributed by atoms with Gasteiger partial charge < -0.3 is 30.3 Å². The van der Waals surface area contributed by atoms with Gasteiger partial charge in [-0.25, -0.2) is 4.99 Å². The molecule has 1 aromatic rings. The maximum Gasteiger partial charge on any atom is 0.242 e. The number of nitrogens with one attached hydrogen (secondary N) is 3. The van der Waals surface area contributed by atoms with Crippen LogP contribution in [0.25, 0.3) is 0 Å². The minimum Gasteiger partial charge on any atom is -0.490 e. The van der Waals surface area contributed by atoms with Crippen molar-refractivity contribution in [1.29, 1.82) is 0 Å². The van der Waals surface area contributed by atoms with Crippen LogP contribution in [0.4, 0.5) is 5.69 Å². The Labute approximate surface area is 215 Å². The number of ether oxygens (including phenoxy) is 2. The Hall–Kier alpha value is -1.75. The van der Waals surface area contributed by atoms with Gasteiger partial charge in [-0.15, -0.1) is 24.0 Å². The maximum atomic E-state index is 12.3. The van der Waals surface area contributed by atoms with Crippen molar-refractivity contribution in [3.63, 3.8) is 0 Å². The van der Waals surface area contributed by atoms with Gasteiger partial charge in [0.2, 0.25) is 5.91 Å². The van der Waals surface area contributed by atoms with Gasteiger partial charge in [-0.1, -0.05) is 6.92 Å². The number of carbonyl (C=O) groups is 1. The van der Waals surface area contributed by atoms with Gasteiger partial charge in [-0.2, -0.15) is 0 Å². The number of rotatable bonds is 6. The molecule has 9 heteroatoms. The zero-order valence-electron chi connectivity index (χ0n) is 20.4. The monoisotopic (exact) mass is 573 g/mol. The first-order valence-electron chi connectivity index (χ1n) is 11.8. The van der Waals surface area contributed by atoms with Crippen LogP contribution in [-0.4, -0.2) is 68.2 Å². The van der Waals surface area contributed by atoms with Crippen LogP contribution in [0, 0.1) is 5.92 Å². The first-order valence-corrected chi connectivity index (χ1v) is 11.8. The molecule has 1 saturated heterocycles. The highest BCUT2D eigenvalue weighted by atomic mass is 127. The Morgan fingerprint density at radius 1 is 1.15 bits per heavy atom. The van der Waals surface area contributed by atoms with Crippen LogP contribution in [0.2, 0.25) is 0 Å². The zero-order valence-corrected chi connectivity index (χ0v) is 22.7. The molecule has 0 saturated carbocycles. The van der Waals surface area contributed by atoms with Gasteiger partial charge in [0.15, 0.2) is 17.5 Å². The van der Waals surface area contributed by atoms with Crippen molar-refractivity contribution in [2.24, 2.45) is 10.9 Å². The molecule has 186 valence electrons. The summed E-state index contributed by atoms with van der Waals surface area (Å²) in [6.07, 6.45) is 3.37. The molecule has 0 bridgehead atoms. The molecule has 33 heavy (non-hydrogen) atoms. The minimum atomic E-state index is -0.284. The molecule has 0 radical (unpaired) electrons. The molecular formula is C24H40IN5O3. The van der Waals surface area contributed by atoms with Crippen LogP contribution in [0.5, 0.6) is 11.5 Å². The predicted molar refractivity (Wildman–Crippen MR) is 144 cm³/mol. The number of aliphatic imine (C=N–C) groups is 1. The van der Waals surface area contributed by atoms with Crippen LogP contribution in [0.3, 0.4) is 0 Å². The van der Waals surface area contributed by atoms with E-state index in [1.807, 2.05) is 39.0 Å². The molecule has 0 aromatic heterocycles. The van der Waals surface area contributed by atoms with Gasteiger partial charge in [0.25, 0.3) is 0 Å². The Morgan fingerprint density at radius 3 is 2.55 bits per heavy atom. The summed E-state index contributed by atoms with van der Waals surface area (Å²) >= 11 is 0. The second-order valence-corrected chi connectivity index (χ2v) is 9.75. The fourth-order valence-corrected chi connectivity index (χ4v) is 3.74. The van der Waals surface area contributed by atoms with Crippen LogP contribution in [0.1, 0.15) is 47.0 Å². The van der Waals surface area contributed by atoms with E-state index in [9.17, 15) is 4.79 Å². The van der Waals surface area contributed by atoms with Gasteiger partial charge in [-0.3, -0.25) is 4.79 Å². The summed E-state index contributed by atoms with van der Waals surface area (Å²) in [4.78, 5) is 19.3. The third-order valence-corrected chi connectivity index (χ3v) is 5.50. The minimum absolute atomic E-state index is 0. The van der Waals surface area contributed by atoms with E-state index < -0.39 is 0 Å². The topological polar surface area (TPSA) is 87.2 Å². The zero-order chi connectivity index (χ0) is 23.0. The van der Waals surface area contributed by atoms with Crippen molar-refractivity contribution in [3.05, 3.63) is 18.2 Å². The van der Waals surface area contributed by atoms with E-state index in [0.717, 1.165) is 55.7 Å². The van der Waals surface area contributed by atoms with Crippen molar-refractivity contribution in [3.8, 4) is 11.5 Å². The first-order chi connectivity index (χ1) is 15.3. The number of carbonyl (C=O) groups excluding carboxylic acids is 1. The first kappa shape index (κ1) is 27.5. The summed E-state index contributed by atoms with van der Waals surface area (Å²) in [6, 6.07) is 5.76. The summed E-state index contributed by atoms with van der Waals surface area (Å²) in [6.45, 7) is 13.5. The summed E-state index contributed by atoms with van der Waals surface area (Å²) in [5.74, 6) is 2.76. The molecule has 1 aromatic carbocycles. The molecule has 2 heterocycles. The molecule has 2 aliphatic heterocycles. The fourth-order valence-electron chi connectivity index (χ4n) is 3.74. The lowest BCUT2D eigenvalue weighted by Crippen LogP contribution is -2.43. The highest BCUT2D eigenvalue weighted by molar-refractivity contribution is 14.0. The molecule has 0 aliphatic carbocycles. The number of piperidine rings is 1. The van der Waals surface area contributed by atoms with Gasteiger partial charge in [0.05, 0.1) is 13.2 Å². The van der Waals surface area contributed by atoms with E-state index in [-0.39, 0.29) is 42.0 Å². The van der Waals surface area contributed by atoms with E-state index in [0.29, 0.717) is 19.2 Å². The molecule has 1 amide bonds. The van der Waals surface area contributed by atoms with E-state index in [1.54, 1.807) is 0 Å². The van der Waals surface area contributed by atoms with Crippen molar-refractivity contribution in [1.82, 2.24) is 15.5 Å². The lowest BCUT2D eigenvalue weighted by atomic mass is 9.99. The summed E-state index contributed by atoms with van der Waals surface area (Å²) in [7, 11) is 0. The Kier molecular flexibility index (Phi) is 11.0. The smallest absolute Gasteiger partial charge is 0.242 e. The van der Waals surface area contributed by atoms with Crippen molar-refractivity contribution in [2.75, 3.05) is 51.3 Å². The highest BCUT2D eigenvalue weighted by Gasteiger charge is 2.16. The number of anilines is 1. The van der Waals surface area contributed by atoms with Crippen LogP contribution in [-0.2, 0) is 4.79 Å². The number of likely N-dealkylation sites (tertiary alicyclic amines) is 1. The molecular weight excluding hydrogens is 533 g/mol. The fraction of sp³-hybridized carbons (Fsp3) is 0.667. The predicted octanol–water partition coefficient (Wildman–Crippen LogP) is 3.47. The van der Waals surface area contributed by atoms with Crippen LogP contribution < -0.4 is 25.4 Å². The van der Waals surface area contributed by atoms with Gasteiger partial charge in [-0.05, 0) is 64.8 Å². The van der Waals surface area contributed by atoms with E-state index >= 15 is 0 Å². The highest BCUT2D eigenvalue weighted by Crippen LogP contribution is 2.32. The van der Waals surface area contributed by atoms with Gasteiger partial charge in [0.1, 0.15) is 6.54 Å². The summed E-state index contributed by atoms with van der Waals surface area (Å²) < 4.78 is 11.5. The standard InChI is InChI=1S/C24H39N5O3.HI/c1-18-8-11-29(12-9-18)13-10-25-23(26-17-22(30)28-24(2,3)4)27-19-6-7-20-21(16-19)32-15-5-14-31-20;/h6-7,16,18H,5,8-15,17H2,1-4H3,(H,28,30)(H2,25,26,27);1H. The Balaban J connectivity index is 0.00000385. The number of benzene rings is 1. The van der Waals surface area contributed by atoms with Crippen molar-refractivity contribution in [2.45, 2.75) is 52.5 Å². The molecule has 1 fully saturated rings. The molecule has 0 unspecified atom stereocenters. The van der Waals surface area contributed by atoms with E-state index in [1.165, 1.54) is 12.8 Å². The Morgan fingerprint density at radius 2 is 1.85 bits per heavy atom. The van der Waals surface area contributed by atoms with Crippen LogP contribution in [0.15, 0.2) is 23.2 Å². The second-order valence-electron chi connectivity index (χ2n) is 9.75. The molecule has 8 nitrogen and oxygen atoms in total. The SMILES string of the molecule is CC1CCN(CCNC(=NCC(=O)NC(C)(C)C)Nc2ccc3c(c2)OCCCO3)CC1.I. The average Bonchev–Trinajstić information content (AvgIpc) is 2.97. The van der Waals surface area contributed by atoms with Crippen molar-refractivity contribution < 1.29 is 14.3 Å². The number of hydrogen-bond acceptors (Lipinski definition) is 5. The molecule has 3 rings (SSSR count). The maximum absolute atomic E-state index is 12.3. The van der Waals surface area contributed by atoms with E-state index in [4.69, 9.17) is 9.47 Å². The quantitative estimate of drug-likeness (QED) is 0.275. The number of fused-ring (bicyclic) bond motifs is 1. The third kappa shape index (κ3) is 9.95. The number of nitrogens with zero attached hydrogens (tertiary/aromatic N) is 2. The molecule has 2 aliphatic rings. The average molecular weight is 574 g/mol. The number of amides is 1. The van der Waals surface area contributed by atoms with Crippen molar-refractivity contribution >= 4 is 41.5 Å². The van der Waals surface area contributed by atoms with Gasteiger partial charge >= 0.3 is 0 Å².